The van der Waals surface area contributed by atoms with Crippen molar-refractivity contribution in [2.24, 2.45) is 0 Å². The second-order valence-corrected chi connectivity index (χ2v) is 13.7. The second kappa shape index (κ2) is 15.6. The number of nitrogens with one attached hydrogen (secondary N) is 1. The van der Waals surface area contributed by atoms with Crippen LogP contribution in [0.4, 0.5) is 5.69 Å². The average molecular weight is 687 g/mol. The van der Waals surface area contributed by atoms with Gasteiger partial charge in [-0.1, -0.05) is 108 Å². The highest BCUT2D eigenvalue weighted by Crippen LogP contribution is 2.33. The molecule has 0 unspecified atom stereocenters. The minimum atomic E-state index is -4.30. The molecule has 0 radical (unpaired) electrons. The molecular weight excluding hydrogens is 653 g/mol. The number of sulfonamides is 1. The zero-order chi connectivity index (χ0) is 32.6. The smallest absolute Gasteiger partial charge is 0.264 e. The van der Waals surface area contributed by atoms with Crippen molar-refractivity contribution in [3.8, 4) is 0 Å². The Labute approximate surface area is 279 Å². The summed E-state index contributed by atoms with van der Waals surface area (Å²) >= 11 is 19.2. The number of rotatable bonds is 13. The number of anilines is 1. The van der Waals surface area contributed by atoms with Crippen molar-refractivity contribution in [2.45, 2.75) is 50.2 Å². The zero-order valence-electron chi connectivity index (χ0n) is 24.9. The van der Waals surface area contributed by atoms with Gasteiger partial charge >= 0.3 is 0 Å². The van der Waals surface area contributed by atoms with Gasteiger partial charge in [-0.15, -0.1) is 0 Å². The van der Waals surface area contributed by atoms with E-state index in [0.717, 1.165) is 9.87 Å². The Morgan fingerprint density at radius 3 is 2.07 bits per heavy atom. The molecular formula is C34H34Cl3N3O4S. The van der Waals surface area contributed by atoms with E-state index in [1.807, 2.05) is 44.2 Å². The fraction of sp³-hybridized carbons (Fsp3) is 0.235. The summed E-state index contributed by atoms with van der Waals surface area (Å²) in [5, 5.41) is 3.76. The Bertz CT molecular complexity index is 1720. The number of carbonyl (C=O) groups is 2. The molecule has 11 heteroatoms. The van der Waals surface area contributed by atoms with Crippen LogP contribution in [0.2, 0.25) is 15.1 Å². The number of carbonyl (C=O) groups excluding carboxylic acids is 2. The van der Waals surface area contributed by atoms with Crippen LogP contribution in [-0.2, 0) is 32.6 Å². The van der Waals surface area contributed by atoms with Gasteiger partial charge in [0.25, 0.3) is 10.0 Å². The summed E-state index contributed by atoms with van der Waals surface area (Å²) in [4.78, 5) is 29.8. The molecule has 0 aromatic heterocycles. The first-order chi connectivity index (χ1) is 21.5. The Morgan fingerprint density at radius 2 is 1.44 bits per heavy atom. The molecule has 2 amide bonds. The highest BCUT2D eigenvalue weighted by molar-refractivity contribution is 7.92. The first-order valence-electron chi connectivity index (χ1n) is 14.4. The lowest BCUT2D eigenvalue weighted by atomic mass is 10.0. The predicted octanol–water partition coefficient (Wildman–Crippen LogP) is 7.40. The molecule has 0 aliphatic carbocycles. The molecule has 0 aliphatic rings. The summed E-state index contributed by atoms with van der Waals surface area (Å²) in [6.45, 7) is 3.14. The molecule has 0 saturated heterocycles. The van der Waals surface area contributed by atoms with Crippen LogP contribution < -0.4 is 9.62 Å². The Hall–Kier alpha value is -3.56. The third-order valence-corrected chi connectivity index (χ3v) is 10.0. The van der Waals surface area contributed by atoms with Gasteiger partial charge in [-0.25, -0.2) is 8.42 Å². The van der Waals surface area contributed by atoms with Crippen molar-refractivity contribution in [2.75, 3.05) is 10.8 Å². The highest BCUT2D eigenvalue weighted by Gasteiger charge is 2.35. The van der Waals surface area contributed by atoms with E-state index in [-0.39, 0.29) is 40.5 Å². The van der Waals surface area contributed by atoms with Crippen LogP contribution in [0.15, 0.2) is 108 Å². The Balaban J connectivity index is 1.83. The van der Waals surface area contributed by atoms with Crippen molar-refractivity contribution in [3.63, 3.8) is 0 Å². The second-order valence-electron chi connectivity index (χ2n) is 10.6. The molecule has 0 heterocycles. The zero-order valence-corrected chi connectivity index (χ0v) is 28.0. The van der Waals surface area contributed by atoms with E-state index in [4.69, 9.17) is 34.8 Å². The summed E-state index contributed by atoms with van der Waals surface area (Å²) in [7, 11) is -4.30. The number of hydrogen-bond acceptors (Lipinski definition) is 4. The van der Waals surface area contributed by atoms with E-state index in [1.165, 1.54) is 35.2 Å². The Morgan fingerprint density at radius 1 is 0.822 bits per heavy atom. The van der Waals surface area contributed by atoms with Crippen molar-refractivity contribution >= 4 is 62.3 Å². The quantitative estimate of drug-likeness (QED) is 0.159. The molecule has 236 valence electrons. The average Bonchev–Trinajstić information content (AvgIpc) is 3.03. The molecule has 0 bridgehead atoms. The number of benzene rings is 4. The SMILES string of the molecule is CC[C@@H](C)NC(=O)[C@H](Cc1ccccc1)N(Cc1ccccc1Cl)C(=O)CN(c1ccc(Cl)cc1Cl)S(=O)(=O)c1ccccc1. The van der Waals surface area contributed by atoms with Crippen molar-refractivity contribution in [1.82, 2.24) is 10.2 Å². The predicted molar refractivity (Wildman–Crippen MR) is 181 cm³/mol. The molecule has 0 saturated carbocycles. The maximum atomic E-state index is 14.5. The van der Waals surface area contributed by atoms with Gasteiger partial charge in [0.15, 0.2) is 0 Å². The maximum absolute atomic E-state index is 14.5. The largest absolute Gasteiger partial charge is 0.352 e. The summed E-state index contributed by atoms with van der Waals surface area (Å²) in [6.07, 6.45) is 0.868. The maximum Gasteiger partial charge on any atom is 0.264 e. The lowest BCUT2D eigenvalue weighted by molar-refractivity contribution is -0.140. The van der Waals surface area contributed by atoms with Crippen LogP contribution in [0.1, 0.15) is 31.4 Å². The molecule has 4 rings (SSSR count). The summed E-state index contributed by atoms with van der Waals surface area (Å²) < 4.78 is 29.1. The van der Waals surface area contributed by atoms with Crippen molar-refractivity contribution in [3.05, 3.63) is 129 Å². The molecule has 4 aromatic carbocycles. The third-order valence-electron chi connectivity index (χ3n) is 7.36. The van der Waals surface area contributed by atoms with Crippen molar-refractivity contribution in [1.29, 1.82) is 0 Å². The minimum absolute atomic E-state index is 0.0307. The third kappa shape index (κ3) is 8.79. The van der Waals surface area contributed by atoms with Gasteiger partial charge in [0.2, 0.25) is 11.8 Å². The van der Waals surface area contributed by atoms with Gasteiger partial charge in [0, 0.05) is 29.1 Å². The lowest BCUT2D eigenvalue weighted by Gasteiger charge is -2.34. The minimum Gasteiger partial charge on any atom is -0.352 e. The van der Waals surface area contributed by atoms with Crippen LogP contribution in [0.25, 0.3) is 0 Å². The van der Waals surface area contributed by atoms with Crippen LogP contribution >= 0.6 is 34.8 Å². The van der Waals surface area contributed by atoms with Gasteiger partial charge in [-0.05, 0) is 60.9 Å². The molecule has 4 aromatic rings. The van der Waals surface area contributed by atoms with E-state index in [9.17, 15) is 18.0 Å². The summed E-state index contributed by atoms with van der Waals surface area (Å²) in [5.41, 5.74) is 1.50. The van der Waals surface area contributed by atoms with Gasteiger partial charge < -0.3 is 10.2 Å². The van der Waals surface area contributed by atoms with Crippen LogP contribution in [-0.4, -0.2) is 43.8 Å². The summed E-state index contributed by atoms with van der Waals surface area (Å²) in [5.74, 6) is -0.990. The molecule has 0 fully saturated rings. The molecule has 1 N–H and O–H groups in total. The van der Waals surface area contributed by atoms with E-state index in [0.29, 0.717) is 22.0 Å². The van der Waals surface area contributed by atoms with E-state index < -0.39 is 28.5 Å². The van der Waals surface area contributed by atoms with Crippen LogP contribution in [0, 0.1) is 0 Å². The molecule has 0 spiro atoms. The van der Waals surface area contributed by atoms with Crippen LogP contribution in [0.3, 0.4) is 0 Å². The van der Waals surface area contributed by atoms with Crippen LogP contribution in [0.5, 0.6) is 0 Å². The van der Waals surface area contributed by atoms with Gasteiger partial charge in [0.05, 0.1) is 15.6 Å². The normalized spacial score (nSPS) is 12.6. The monoisotopic (exact) mass is 685 g/mol. The van der Waals surface area contributed by atoms with Crippen molar-refractivity contribution < 1.29 is 18.0 Å². The molecule has 2 atom stereocenters. The number of amides is 2. The molecule has 45 heavy (non-hydrogen) atoms. The Kier molecular flexibility index (Phi) is 11.9. The van der Waals surface area contributed by atoms with E-state index in [2.05, 4.69) is 5.32 Å². The topological polar surface area (TPSA) is 86.8 Å². The first kappa shape index (κ1) is 34.3. The van der Waals surface area contributed by atoms with Gasteiger partial charge in [0.1, 0.15) is 12.6 Å². The van der Waals surface area contributed by atoms with E-state index in [1.54, 1.807) is 42.5 Å². The van der Waals surface area contributed by atoms with E-state index >= 15 is 0 Å². The number of nitrogens with zero attached hydrogens (tertiary/aromatic N) is 2. The lowest BCUT2D eigenvalue weighted by Crippen LogP contribution is -2.54. The molecule has 0 aliphatic heterocycles. The fourth-order valence-electron chi connectivity index (χ4n) is 4.72. The first-order valence-corrected chi connectivity index (χ1v) is 17.0. The highest BCUT2D eigenvalue weighted by atomic mass is 35.5. The van der Waals surface area contributed by atoms with Gasteiger partial charge in [-0.2, -0.15) is 0 Å². The summed E-state index contributed by atoms with van der Waals surface area (Å²) in [6, 6.07) is 27.3. The molecule has 7 nitrogen and oxygen atoms in total. The van der Waals surface area contributed by atoms with Gasteiger partial charge in [-0.3, -0.25) is 13.9 Å². The standard InChI is InChI=1S/C34H34Cl3N3O4S/c1-3-24(2)38-34(42)32(20-25-12-6-4-7-13-25)39(22-26-14-10-11-17-29(26)36)33(41)23-40(31-19-18-27(35)21-30(31)37)45(43,44)28-15-8-5-9-16-28/h4-19,21,24,32H,3,20,22-23H2,1-2H3,(H,38,42)/t24-,32+/m1/s1. The fourth-order valence-corrected chi connectivity index (χ4v) is 6.93. The number of hydrogen-bond donors (Lipinski definition) is 1. The number of halogens is 3.